The van der Waals surface area contributed by atoms with Crippen LogP contribution in [0.2, 0.25) is 0 Å². The summed E-state index contributed by atoms with van der Waals surface area (Å²) in [6.45, 7) is 0. The third-order valence-corrected chi connectivity index (χ3v) is 2.47. The van der Waals surface area contributed by atoms with Gasteiger partial charge in [-0.25, -0.2) is 9.07 Å². The lowest BCUT2D eigenvalue weighted by Gasteiger charge is -2.05. The first kappa shape index (κ1) is 11.3. The number of hydrogen-bond donors (Lipinski definition) is 2. The lowest BCUT2D eigenvalue weighted by molar-refractivity contribution is 0.411. The minimum absolute atomic E-state index is 0.238. The van der Waals surface area contributed by atoms with Crippen LogP contribution in [0, 0.1) is 5.82 Å². The smallest absolute Gasteiger partial charge is 0.240 e. The summed E-state index contributed by atoms with van der Waals surface area (Å²) in [5.41, 5.74) is 6.47. The number of anilines is 1. The van der Waals surface area contributed by atoms with E-state index in [1.807, 2.05) is 0 Å². The van der Waals surface area contributed by atoms with Crippen LogP contribution in [0.15, 0.2) is 18.2 Å². The SMILES string of the molecule is COc1cc(F)cc(-c2c(O)nn(C)c2N)c1. The fourth-order valence-corrected chi connectivity index (χ4v) is 1.62. The van der Waals surface area contributed by atoms with Gasteiger partial charge in [-0.2, -0.15) is 0 Å². The van der Waals surface area contributed by atoms with Gasteiger partial charge in [0, 0.05) is 13.1 Å². The summed E-state index contributed by atoms with van der Waals surface area (Å²) in [5, 5.41) is 13.4. The number of aromatic hydroxyl groups is 1. The highest BCUT2D eigenvalue weighted by molar-refractivity contribution is 5.79. The van der Waals surface area contributed by atoms with Crippen molar-refractivity contribution in [2.24, 2.45) is 7.05 Å². The maximum Gasteiger partial charge on any atom is 0.240 e. The number of nitrogen functional groups attached to an aromatic ring is 1. The first-order valence-electron chi connectivity index (χ1n) is 4.89. The Morgan fingerprint density at radius 3 is 2.65 bits per heavy atom. The lowest BCUT2D eigenvalue weighted by Crippen LogP contribution is -1.98. The molecule has 6 heteroatoms. The average Bonchev–Trinajstić information content (AvgIpc) is 2.52. The number of ether oxygens (including phenoxy) is 1. The van der Waals surface area contributed by atoms with Gasteiger partial charge in [0.05, 0.1) is 12.7 Å². The zero-order chi connectivity index (χ0) is 12.6. The Labute approximate surface area is 97.2 Å². The van der Waals surface area contributed by atoms with Crippen LogP contribution in [0.5, 0.6) is 11.6 Å². The second-order valence-corrected chi connectivity index (χ2v) is 3.59. The van der Waals surface area contributed by atoms with E-state index in [2.05, 4.69) is 5.10 Å². The van der Waals surface area contributed by atoms with E-state index < -0.39 is 5.82 Å². The van der Waals surface area contributed by atoms with Crippen molar-refractivity contribution in [3.05, 3.63) is 24.0 Å². The molecule has 90 valence electrons. The van der Waals surface area contributed by atoms with Gasteiger partial charge in [-0.1, -0.05) is 0 Å². The molecule has 0 bridgehead atoms. The van der Waals surface area contributed by atoms with Gasteiger partial charge in [0.25, 0.3) is 0 Å². The van der Waals surface area contributed by atoms with Crippen molar-refractivity contribution in [3.8, 4) is 22.8 Å². The molecule has 3 N–H and O–H groups in total. The number of benzene rings is 1. The Kier molecular flexibility index (Phi) is 2.63. The van der Waals surface area contributed by atoms with Crippen molar-refractivity contribution in [1.29, 1.82) is 0 Å². The molecule has 2 rings (SSSR count). The van der Waals surface area contributed by atoms with Crippen molar-refractivity contribution in [3.63, 3.8) is 0 Å². The standard InChI is InChI=1S/C11H12FN3O2/c1-15-10(13)9(11(16)14-15)6-3-7(12)5-8(4-6)17-2/h3-5H,13H2,1-2H3,(H,14,16). The minimum atomic E-state index is -0.470. The van der Waals surface area contributed by atoms with Gasteiger partial charge in [0.2, 0.25) is 5.88 Å². The molecular formula is C11H12FN3O2. The van der Waals surface area contributed by atoms with Gasteiger partial charge in [0.15, 0.2) is 0 Å². The number of nitrogens with two attached hydrogens (primary N) is 1. The first-order valence-corrected chi connectivity index (χ1v) is 4.89. The van der Waals surface area contributed by atoms with Gasteiger partial charge in [-0.3, -0.25) is 0 Å². The van der Waals surface area contributed by atoms with E-state index >= 15 is 0 Å². The summed E-state index contributed by atoms with van der Waals surface area (Å²) >= 11 is 0. The first-order chi connectivity index (χ1) is 8.02. The molecule has 1 aromatic heterocycles. The molecule has 0 aliphatic carbocycles. The Balaban J connectivity index is 2.63. The molecule has 0 amide bonds. The molecule has 17 heavy (non-hydrogen) atoms. The van der Waals surface area contributed by atoms with Crippen molar-refractivity contribution < 1.29 is 14.2 Å². The second kappa shape index (κ2) is 3.97. The van der Waals surface area contributed by atoms with Gasteiger partial charge < -0.3 is 15.6 Å². The summed E-state index contributed by atoms with van der Waals surface area (Å²) < 4.78 is 19.6. The van der Waals surface area contributed by atoms with Gasteiger partial charge in [-0.15, -0.1) is 5.10 Å². The number of hydrogen-bond acceptors (Lipinski definition) is 4. The quantitative estimate of drug-likeness (QED) is 0.830. The van der Waals surface area contributed by atoms with Crippen LogP contribution in [0.4, 0.5) is 10.2 Å². The average molecular weight is 237 g/mol. The molecule has 0 atom stereocenters. The molecule has 2 aromatic rings. The van der Waals surface area contributed by atoms with Gasteiger partial charge in [-0.05, 0) is 17.7 Å². The van der Waals surface area contributed by atoms with Gasteiger partial charge >= 0.3 is 0 Å². The largest absolute Gasteiger partial charge is 0.497 e. The highest BCUT2D eigenvalue weighted by Gasteiger charge is 2.16. The van der Waals surface area contributed by atoms with Crippen LogP contribution in [0.25, 0.3) is 11.1 Å². The summed E-state index contributed by atoms with van der Waals surface area (Å²) in [5.74, 6) is -0.0996. The molecule has 0 spiro atoms. The predicted molar refractivity (Wildman–Crippen MR) is 61.2 cm³/mol. The zero-order valence-corrected chi connectivity index (χ0v) is 9.44. The van der Waals surface area contributed by atoms with Crippen LogP contribution in [-0.2, 0) is 7.05 Å². The van der Waals surface area contributed by atoms with Crippen LogP contribution in [-0.4, -0.2) is 22.0 Å². The number of aromatic nitrogens is 2. The van der Waals surface area contributed by atoms with E-state index in [0.29, 0.717) is 16.9 Å². The summed E-state index contributed by atoms with van der Waals surface area (Å²) in [6, 6.07) is 4.08. The zero-order valence-electron chi connectivity index (χ0n) is 9.44. The molecule has 0 radical (unpaired) electrons. The van der Waals surface area contributed by atoms with Crippen LogP contribution >= 0.6 is 0 Å². The molecule has 5 nitrogen and oxygen atoms in total. The van der Waals surface area contributed by atoms with E-state index in [0.717, 1.165) is 0 Å². The summed E-state index contributed by atoms with van der Waals surface area (Å²) in [7, 11) is 3.03. The lowest BCUT2D eigenvalue weighted by atomic mass is 10.1. The van der Waals surface area contributed by atoms with E-state index in [1.54, 1.807) is 13.1 Å². The number of methoxy groups -OCH3 is 1. The molecule has 0 fully saturated rings. The normalized spacial score (nSPS) is 10.5. The molecule has 1 aromatic carbocycles. The fourth-order valence-electron chi connectivity index (χ4n) is 1.62. The van der Waals surface area contributed by atoms with E-state index in [-0.39, 0.29) is 11.7 Å². The Morgan fingerprint density at radius 1 is 1.41 bits per heavy atom. The van der Waals surface area contributed by atoms with Crippen LogP contribution < -0.4 is 10.5 Å². The Bertz CT molecular complexity index is 566. The molecule has 1 heterocycles. The van der Waals surface area contributed by atoms with Gasteiger partial charge in [0.1, 0.15) is 17.4 Å². The van der Waals surface area contributed by atoms with E-state index in [9.17, 15) is 9.50 Å². The van der Waals surface area contributed by atoms with Crippen molar-refractivity contribution in [1.82, 2.24) is 9.78 Å². The number of aryl methyl sites for hydroxylation is 1. The van der Waals surface area contributed by atoms with Crippen molar-refractivity contribution >= 4 is 5.82 Å². The second-order valence-electron chi connectivity index (χ2n) is 3.59. The number of nitrogens with zero attached hydrogens (tertiary/aromatic N) is 2. The number of halogens is 1. The minimum Gasteiger partial charge on any atom is -0.497 e. The predicted octanol–water partition coefficient (Wildman–Crippen LogP) is 1.52. The molecular weight excluding hydrogens is 225 g/mol. The van der Waals surface area contributed by atoms with Crippen molar-refractivity contribution in [2.45, 2.75) is 0 Å². The van der Waals surface area contributed by atoms with Crippen LogP contribution in [0.1, 0.15) is 0 Å². The topological polar surface area (TPSA) is 73.3 Å². The van der Waals surface area contributed by atoms with E-state index in [4.69, 9.17) is 10.5 Å². The molecule has 0 saturated carbocycles. The third kappa shape index (κ3) is 1.89. The third-order valence-electron chi connectivity index (χ3n) is 2.47. The molecule has 0 aliphatic heterocycles. The van der Waals surface area contributed by atoms with Crippen molar-refractivity contribution in [2.75, 3.05) is 12.8 Å². The van der Waals surface area contributed by atoms with Crippen LogP contribution in [0.3, 0.4) is 0 Å². The maximum atomic E-state index is 13.3. The monoisotopic (exact) mass is 237 g/mol. The highest BCUT2D eigenvalue weighted by atomic mass is 19.1. The van der Waals surface area contributed by atoms with E-state index in [1.165, 1.54) is 23.9 Å². The summed E-state index contributed by atoms with van der Waals surface area (Å²) in [4.78, 5) is 0. The molecule has 0 aliphatic rings. The molecule has 0 unspecified atom stereocenters. The summed E-state index contributed by atoms with van der Waals surface area (Å²) in [6.07, 6.45) is 0. The fraction of sp³-hybridized carbons (Fsp3) is 0.182. The highest BCUT2D eigenvalue weighted by Crippen LogP contribution is 2.35. The Hall–Kier alpha value is -2.24. The number of rotatable bonds is 2. The maximum absolute atomic E-state index is 13.3. The molecule has 0 saturated heterocycles. The Morgan fingerprint density at radius 2 is 2.12 bits per heavy atom.